The van der Waals surface area contributed by atoms with Crippen LogP contribution in [0.25, 0.3) is 5.65 Å². The van der Waals surface area contributed by atoms with Gasteiger partial charge in [-0.1, -0.05) is 13.8 Å². The molecular weight excluding hydrogens is 270 g/mol. The fourth-order valence-electron chi connectivity index (χ4n) is 2.68. The summed E-state index contributed by atoms with van der Waals surface area (Å²) in [5.41, 5.74) is 2.06. The summed E-state index contributed by atoms with van der Waals surface area (Å²) in [6, 6.07) is 1.59. The van der Waals surface area contributed by atoms with E-state index >= 15 is 0 Å². The van der Waals surface area contributed by atoms with Crippen molar-refractivity contribution in [1.29, 1.82) is 0 Å². The van der Waals surface area contributed by atoms with Crippen LogP contribution in [0.15, 0.2) is 12.3 Å². The Morgan fingerprint density at radius 3 is 2.90 bits per heavy atom. The molecule has 1 aliphatic rings. The molecule has 0 radical (unpaired) electrons. The number of hydrogen-bond donors (Lipinski definition) is 0. The molecular formula is C15H17N3O3. The second-order valence-electron chi connectivity index (χ2n) is 6.10. The molecule has 0 N–H and O–H groups in total. The zero-order valence-electron chi connectivity index (χ0n) is 12.3. The van der Waals surface area contributed by atoms with Crippen molar-refractivity contribution in [2.24, 2.45) is 5.41 Å². The normalized spacial score (nSPS) is 16.8. The molecule has 0 aliphatic heterocycles. The van der Waals surface area contributed by atoms with Crippen molar-refractivity contribution in [3.8, 4) is 0 Å². The van der Waals surface area contributed by atoms with Gasteiger partial charge in [-0.15, -0.1) is 0 Å². The van der Waals surface area contributed by atoms with Crippen LogP contribution >= 0.6 is 0 Å². The number of carbonyl (C=O) groups is 2. The number of rotatable bonds is 2. The maximum absolute atomic E-state index is 12.2. The summed E-state index contributed by atoms with van der Waals surface area (Å²) in [4.78, 5) is 28.4. The molecule has 0 bridgehead atoms. The lowest BCUT2D eigenvalue weighted by Gasteiger charge is -2.29. The molecule has 2 aromatic rings. The number of carbonyl (C=O) groups excluding carboxylic acids is 2. The predicted molar refractivity (Wildman–Crippen MR) is 75.4 cm³/mol. The Balaban J connectivity index is 2.08. The van der Waals surface area contributed by atoms with Crippen molar-refractivity contribution < 1.29 is 14.3 Å². The highest BCUT2D eigenvalue weighted by atomic mass is 16.5. The largest absolute Gasteiger partial charge is 0.461 e. The number of nitrogens with zero attached hydrogens (tertiary/aromatic N) is 3. The van der Waals surface area contributed by atoms with Gasteiger partial charge in [-0.2, -0.15) is 5.10 Å². The van der Waals surface area contributed by atoms with Gasteiger partial charge < -0.3 is 4.74 Å². The Hall–Kier alpha value is -2.24. The molecule has 110 valence electrons. The van der Waals surface area contributed by atoms with Crippen LogP contribution in [-0.2, 0) is 11.2 Å². The quantitative estimate of drug-likeness (QED) is 0.790. The molecule has 6 heteroatoms. The summed E-state index contributed by atoms with van der Waals surface area (Å²) in [7, 11) is 0. The van der Waals surface area contributed by atoms with Crippen LogP contribution in [-0.4, -0.2) is 33.0 Å². The molecule has 6 nitrogen and oxygen atoms in total. The van der Waals surface area contributed by atoms with Gasteiger partial charge >= 0.3 is 5.97 Å². The monoisotopic (exact) mass is 287 g/mol. The van der Waals surface area contributed by atoms with E-state index in [2.05, 4.69) is 23.9 Å². The Kier molecular flexibility index (Phi) is 3.04. The van der Waals surface area contributed by atoms with Crippen LogP contribution in [0.3, 0.4) is 0 Å². The molecule has 3 rings (SSSR count). The molecule has 0 spiro atoms. The van der Waals surface area contributed by atoms with Gasteiger partial charge in [-0.3, -0.25) is 4.79 Å². The summed E-state index contributed by atoms with van der Waals surface area (Å²) >= 11 is 0. The number of ether oxygens (including phenoxy) is 1. The van der Waals surface area contributed by atoms with Crippen molar-refractivity contribution in [2.75, 3.05) is 6.61 Å². The van der Waals surface area contributed by atoms with E-state index in [0.717, 1.165) is 12.1 Å². The average molecular weight is 287 g/mol. The van der Waals surface area contributed by atoms with Crippen molar-refractivity contribution >= 4 is 17.4 Å². The summed E-state index contributed by atoms with van der Waals surface area (Å²) in [6.45, 7) is 6.15. The van der Waals surface area contributed by atoms with Gasteiger partial charge in [0.05, 0.1) is 17.9 Å². The summed E-state index contributed by atoms with van der Waals surface area (Å²) in [5, 5.41) is 4.14. The molecule has 0 aromatic carbocycles. The first-order chi connectivity index (χ1) is 9.89. The second-order valence-corrected chi connectivity index (χ2v) is 6.10. The number of aromatic nitrogens is 3. The summed E-state index contributed by atoms with van der Waals surface area (Å²) < 4.78 is 6.40. The van der Waals surface area contributed by atoms with Crippen LogP contribution in [0.1, 0.15) is 53.7 Å². The van der Waals surface area contributed by atoms with Crippen LogP contribution < -0.4 is 0 Å². The number of ketones is 1. The Morgan fingerprint density at radius 2 is 2.19 bits per heavy atom. The summed E-state index contributed by atoms with van der Waals surface area (Å²) in [5.74, 6) is -0.406. The topological polar surface area (TPSA) is 73.6 Å². The van der Waals surface area contributed by atoms with Gasteiger partial charge in [0.15, 0.2) is 17.1 Å². The minimum Gasteiger partial charge on any atom is -0.461 e. The summed E-state index contributed by atoms with van der Waals surface area (Å²) in [6.07, 6.45) is 2.90. The van der Waals surface area contributed by atoms with E-state index < -0.39 is 5.97 Å². The standard InChI is InChI=1S/C15H17N3O3/c1-4-21-14(20)10-5-13-16-11-6-15(2,3)7-12(19)9(11)8-18(13)17-10/h5,8H,4,6-7H2,1-3H3. The molecule has 0 fully saturated rings. The number of Topliss-reactive ketones (excluding diaryl/α,β-unsaturated/α-hetero) is 1. The van der Waals surface area contributed by atoms with Crippen LogP contribution in [0.5, 0.6) is 0 Å². The molecule has 0 saturated heterocycles. The van der Waals surface area contributed by atoms with Crippen LogP contribution in [0, 0.1) is 5.41 Å². The molecule has 2 heterocycles. The fourth-order valence-corrected chi connectivity index (χ4v) is 2.68. The molecule has 2 aromatic heterocycles. The minimum atomic E-state index is -0.479. The van der Waals surface area contributed by atoms with Gasteiger partial charge in [0.25, 0.3) is 0 Å². The van der Waals surface area contributed by atoms with Gasteiger partial charge in [-0.25, -0.2) is 14.3 Å². The van der Waals surface area contributed by atoms with Gasteiger partial charge in [0.1, 0.15) is 0 Å². The van der Waals surface area contributed by atoms with E-state index in [1.165, 1.54) is 4.52 Å². The first-order valence-corrected chi connectivity index (χ1v) is 6.99. The van der Waals surface area contributed by atoms with Crippen molar-refractivity contribution in [1.82, 2.24) is 14.6 Å². The average Bonchev–Trinajstić information content (AvgIpc) is 2.78. The van der Waals surface area contributed by atoms with E-state index in [1.807, 2.05) is 0 Å². The van der Waals surface area contributed by atoms with E-state index in [-0.39, 0.29) is 16.9 Å². The highest BCUT2D eigenvalue weighted by molar-refractivity contribution is 5.98. The predicted octanol–water partition coefficient (Wildman–Crippen LogP) is 2.06. The molecule has 0 unspecified atom stereocenters. The van der Waals surface area contributed by atoms with Crippen molar-refractivity contribution in [3.05, 3.63) is 29.2 Å². The highest BCUT2D eigenvalue weighted by Crippen LogP contribution is 2.33. The molecule has 21 heavy (non-hydrogen) atoms. The maximum atomic E-state index is 12.2. The van der Waals surface area contributed by atoms with E-state index in [0.29, 0.717) is 24.2 Å². The molecule has 0 saturated carbocycles. The Labute approximate surface area is 122 Å². The lowest BCUT2D eigenvalue weighted by atomic mass is 9.76. The Morgan fingerprint density at radius 1 is 1.43 bits per heavy atom. The van der Waals surface area contributed by atoms with Gasteiger partial charge in [0, 0.05) is 18.7 Å². The zero-order valence-corrected chi connectivity index (χ0v) is 12.3. The van der Waals surface area contributed by atoms with E-state index in [1.54, 1.807) is 19.2 Å². The third-order valence-corrected chi connectivity index (χ3v) is 3.60. The fraction of sp³-hybridized carbons (Fsp3) is 0.467. The maximum Gasteiger partial charge on any atom is 0.358 e. The van der Waals surface area contributed by atoms with E-state index in [4.69, 9.17) is 4.74 Å². The number of esters is 1. The number of fused-ring (bicyclic) bond motifs is 2. The number of hydrogen-bond acceptors (Lipinski definition) is 5. The second kappa shape index (κ2) is 4.65. The van der Waals surface area contributed by atoms with E-state index in [9.17, 15) is 9.59 Å². The highest BCUT2D eigenvalue weighted by Gasteiger charge is 2.32. The first-order valence-electron chi connectivity index (χ1n) is 6.99. The lowest BCUT2D eigenvalue weighted by molar-refractivity contribution is 0.0519. The molecule has 0 amide bonds. The lowest BCUT2D eigenvalue weighted by Crippen LogP contribution is -2.28. The Bertz CT molecular complexity index is 746. The zero-order chi connectivity index (χ0) is 15.2. The third kappa shape index (κ3) is 2.41. The van der Waals surface area contributed by atoms with Gasteiger partial charge in [0.2, 0.25) is 0 Å². The van der Waals surface area contributed by atoms with Crippen LogP contribution in [0.4, 0.5) is 0 Å². The van der Waals surface area contributed by atoms with Crippen LogP contribution in [0.2, 0.25) is 0 Å². The third-order valence-electron chi connectivity index (χ3n) is 3.60. The van der Waals surface area contributed by atoms with Crippen molar-refractivity contribution in [2.45, 2.75) is 33.6 Å². The molecule has 1 aliphatic carbocycles. The first kappa shape index (κ1) is 13.7. The smallest absolute Gasteiger partial charge is 0.358 e. The molecule has 0 atom stereocenters. The van der Waals surface area contributed by atoms with Gasteiger partial charge in [-0.05, 0) is 18.8 Å². The van der Waals surface area contributed by atoms with Crippen molar-refractivity contribution in [3.63, 3.8) is 0 Å². The SMILES string of the molecule is CCOC(=O)c1cc2nc3c(cn2n1)C(=O)CC(C)(C)C3. The minimum absolute atomic E-state index is 0.0730.